The molecule has 0 aliphatic carbocycles. The quantitative estimate of drug-likeness (QED) is 0.900. The van der Waals surface area contributed by atoms with Gasteiger partial charge in [-0.05, 0) is 18.1 Å². The third-order valence-corrected chi connectivity index (χ3v) is 3.33. The minimum absolute atomic E-state index is 0.271. The lowest BCUT2D eigenvalue weighted by Gasteiger charge is -2.16. The molecule has 1 aromatic carbocycles. The van der Waals surface area contributed by atoms with Gasteiger partial charge in [0.25, 0.3) is 0 Å². The first-order valence-corrected chi connectivity index (χ1v) is 6.88. The highest BCUT2D eigenvalue weighted by atomic mass is 16.7. The van der Waals surface area contributed by atoms with Crippen molar-refractivity contribution in [2.75, 3.05) is 24.5 Å². The van der Waals surface area contributed by atoms with E-state index in [-0.39, 0.29) is 6.79 Å². The monoisotopic (exact) mass is 286 g/mol. The molecular weight excluding hydrogens is 268 g/mol. The largest absolute Gasteiger partial charge is 0.454 e. The first-order chi connectivity index (χ1) is 10.2. The Bertz CT molecular complexity index is 658. The van der Waals surface area contributed by atoms with Crippen LogP contribution in [0.5, 0.6) is 11.5 Å². The molecule has 0 saturated carbocycles. The Hall–Kier alpha value is -2.50. The fourth-order valence-corrected chi connectivity index (χ4v) is 2.35. The van der Waals surface area contributed by atoms with Crippen LogP contribution in [0.25, 0.3) is 0 Å². The molecule has 0 spiro atoms. The first kappa shape index (κ1) is 13.5. The van der Waals surface area contributed by atoms with E-state index in [0.29, 0.717) is 5.92 Å². The van der Waals surface area contributed by atoms with E-state index >= 15 is 0 Å². The molecule has 1 aliphatic heterocycles. The number of ether oxygens (including phenoxy) is 2. The third kappa shape index (κ3) is 2.56. The molecule has 0 unspecified atom stereocenters. The lowest BCUT2D eigenvalue weighted by Crippen LogP contribution is -2.06. The van der Waals surface area contributed by atoms with E-state index in [0.717, 1.165) is 34.4 Å². The zero-order valence-electron chi connectivity index (χ0n) is 12.3. The number of rotatable bonds is 4. The molecule has 6 heteroatoms. The summed E-state index contributed by atoms with van der Waals surface area (Å²) in [7, 11) is 1.86. The fraction of sp³-hybridized carbons (Fsp3) is 0.333. The summed E-state index contributed by atoms with van der Waals surface area (Å²) in [4.78, 5) is 8.63. The van der Waals surface area contributed by atoms with Crippen LogP contribution in [0.15, 0.2) is 24.5 Å². The van der Waals surface area contributed by atoms with Crippen LogP contribution in [0.4, 0.5) is 17.3 Å². The maximum absolute atomic E-state index is 5.39. The lowest BCUT2D eigenvalue weighted by molar-refractivity contribution is 0.174. The zero-order valence-corrected chi connectivity index (χ0v) is 12.3. The Kier molecular flexibility index (Phi) is 3.51. The van der Waals surface area contributed by atoms with Gasteiger partial charge in [0.05, 0.1) is 0 Å². The summed E-state index contributed by atoms with van der Waals surface area (Å²) >= 11 is 0. The van der Waals surface area contributed by atoms with E-state index < -0.39 is 0 Å². The van der Waals surface area contributed by atoms with Gasteiger partial charge in [0, 0.05) is 24.4 Å². The molecule has 0 fully saturated rings. The second-order valence-electron chi connectivity index (χ2n) is 5.08. The summed E-state index contributed by atoms with van der Waals surface area (Å²) in [5.74, 6) is 3.44. The summed E-state index contributed by atoms with van der Waals surface area (Å²) in [5, 5.41) is 6.44. The van der Waals surface area contributed by atoms with Crippen molar-refractivity contribution < 1.29 is 9.47 Å². The Morgan fingerprint density at radius 1 is 1.10 bits per heavy atom. The molecule has 110 valence electrons. The molecule has 0 saturated heterocycles. The molecule has 0 amide bonds. The van der Waals surface area contributed by atoms with E-state index in [1.807, 2.05) is 25.2 Å². The normalized spacial score (nSPS) is 12.6. The standard InChI is InChI=1S/C15H18N4O2/c1-9(2)13-14(16-3)17-7-18-15(13)19-10-4-5-11-12(6-10)21-8-20-11/h4-7,9H,8H2,1-3H3,(H2,16,17,18,19). The summed E-state index contributed by atoms with van der Waals surface area (Å²) < 4.78 is 10.7. The molecule has 1 aliphatic rings. The van der Waals surface area contributed by atoms with Crippen molar-refractivity contribution in [3.05, 3.63) is 30.1 Å². The van der Waals surface area contributed by atoms with Crippen molar-refractivity contribution in [1.29, 1.82) is 0 Å². The van der Waals surface area contributed by atoms with E-state index in [1.165, 1.54) is 0 Å². The highest BCUT2D eigenvalue weighted by Crippen LogP contribution is 2.36. The number of nitrogens with zero attached hydrogens (tertiary/aromatic N) is 2. The molecule has 0 atom stereocenters. The van der Waals surface area contributed by atoms with Crippen molar-refractivity contribution in [2.24, 2.45) is 0 Å². The van der Waals surface area contributed by atoms with Crippen LogP contribution < -0.4 is 20.1 Å². The maximum atomic E-state index is 5.39. The molecule has 6 nitrogen and oxygen atoms in total. The minimum atomic E-state index is 0.271. The van der Waals surface area contributed by atoms with Gasteiger partial charge in [-0.25, -0.2) is 9.97 Å². The second kappa shape index (κ2) is 5.47. The Morgan fingerprint density at radius 3 is 2.62 bits per heavy atom. The van der Waals surface area contributed by atoms with Crippen molar-refractivity contribution in [3.8, 4) is 11.5 Å². The van der Waals surface area contributed by atoms with Gasteiger partial charge in [-0.1, -0.05) is 13.8 Å². The molecule has 2 heterocycles. The topological polar surface area (TPSA) is 68.3 Å². The van der Waals surface area contributed by atoms with Crippen LogP contribution in [0.1, 0.15) is 25.3 Å². The highest BCUT2D eigenvalue weighted by Gasteiger charge is 2.17. The van der Waals surface area contributed by atoms with Crippen LogP contribution in [0.2, 0.25) is 0 Å². The minimum Gasteiger partial charge on any atom is -0.454 e. The first-order valence-electron chi connectivity index (χ1n) is 6.88. The maximum Gasteiger partial charge on any atom is 0.231 e. The van der Waals surface area contributed by atoms with Gasteiger partial charge in [0.2, 0.25) is 6.79 Å². The fourth-order valence-electron chi connectivity index (χ4n) is 2.35. The van der Waals surface area contributed by atoms with Crippen LogP contribution >= 0.6 is 0 Å². The van der Waals surface area contributed by atoms with Crippen molar-refractivity contribution >= 4 is 17.3 Å². The van der Waals surface area contributed by atoms with Crippen LogP contribution in [-0.2, 0) is 0 Å². The summed E-state index contributed by atoms with van der Waals surface area (Å²) in [6.07, 6.45) is 1.55. The van der Waals surface area contributed by atoms with Gasteiger partial charge < -0.3 is 20.1 Å². The predicted molar refractivity (Wildman–Crippen MR) is 81.5 cm³/mol. The third-order valence-electron chi connectivity index (χ3n) is 3.33. The van der Waals surface area contributed by atoms with Gasteiger partial charge >= 0.3 is 0 Å². The Morgan fingerprint density at radius 2 is 1.86 bits per heavy atom. The van der Waals surface area contributed by atoms with Crippen molar-refractivity contribution in [1.82, 2.24) is 9.97 Å². The molecule has 21 heavy (non-hydrogen) atoms. The molecule has 0 radical (unpaired) electrons. The van der Waals surface area contributed by atoms with Gasteiger partial charge in [-0.15, -0.1) is 0 Å². The van der Waals surface area contributed by atoms with E-state index in [9.17, 15) is 0 Å². The van der Waals surface area contributed by atoms with Crippen molar-refractivity contribution in [3.63, 3.8) is 0 Å². The van der Waals surface area contributed by atoms with Gasteiger partial charge in [-0.3, -0.25) is 0 Å². The second-order valence-corrected chi connectivity index (χ2v) is 5.08. The summed E-state index contributed by atoms with van der Waals surface area (Å²) in [6.45, 7) is 4.50. The molecule has 0 bridgehead atoms. The number of fused-ring (bicyclic) bond motifs is 1. The Labute approximate surface area is 123 Å². The highest BCUT2D eigenvalue weighted by molar-refractivity contribution is 5.67. The summed E-state index contributed by atoms with van der Waals surface area (Å²) in [5.41, 5.74) is 1.96. The van der Waals surface area contributed by atoms with Crippen LogP contribution in [-0.4, -0.2) is 23.8 Å². The molecule has 1 aromatic heterocycles. The lowest BCUT2D eigenvalue weighted by atomic mass is 10.0. The number of hydrogen-bond acceptors (Lipinski definition) is 6. The smallest absolute Gasteiger partial charge is 0.231 e. The number of anilines is 3. The predicted octanol–water partition coefficient (Wildman–Crippen LogP) is 3.11. The molecule has 3 rings (SSSR count). The number of nitrogens with one attached hydrogen (secondary N) is 2. The van der Waals surface area contributed by atoms with E-state index in [4.69, 9.17) is 9.47 Å². The molecule has 2 aromatic rings. The summed E-state index contributed by atoms with van der Waals surface area (Å²) in [6, 6.07) is 5.74. The number of benzene rings is 1. The molecular formula is C15H18N4O2. The van der Waals surface area contributed by atoms with Crippen molar-refractivity contribution in [2.45, 2.75) is 19.8 Å². The number of hydrogen-bond donors (Lipinski definition) is 2. The average Bonchev–Trinajstić information content (AvgIpc) is 2.94. The molecule has 2 N–H and O–H groups in total. The SMILES string of the molecule is CNc1ncnc(Nc2ccc3c(c2)OCO3)c1C(C)C. The van der Waals surface area contributed by atoms with Gasteiger partial charge in [0.15, 0.2) is 11.5 Å². The number of aromatic nitrogens is 2. The van der Waals surface area contributed by atoms with Gasteiger partial charge in [0.1, 0.15) is 18.0 Å². The van der Waals surface area contributed by atoms with E-state index in [2.05, 4.69) is 34.4 Å². The van der Waals surface area contributed by atoms with Crippen LogP contribution in [0, 0.1) is 0 Å². The Balaban J connectivity index is 1.94. The average molecular weight is 286 g/mol. The van der Waals surface area contributed by atoms with Crippen LogP contribution in [0.3, 0.4) is 0 Å². The zero-order chi connectivity index (χ0) is 14.8. The van der Waals surface area contributed by atoms with Gasteiger partial charge in [-0.2, -0.15) is 0 Å². The van der Waals surface area contributed by atoms with E-state index in [1.54, 1.807) is 6.33 Å².